The van der Waals surface area contributed by atoms with Gasteiger partial charge < -0.3 is 14.0 Å². The summed E-state index contributed by atoms with van der Waals surface area (Å²) in [6.07, 6.45) is 1.24. The molecule has 0 aliphatic heterocycles. The molecule has 0 radical (unpaired) electrons. The van der Waals surface area contributed by atoms with Crippen molar-refractivity contribution in [3.05, 3.63) is 27.2 Å². The van der Waals surface area contributed by atoms with Crippen molar-refractivity contribution in [2.75, 3.05) is 13.7 Å². The molecule has 1 aromatic heterocycles. The molecule has 1 rings (SSSR count). The lowest BCUT2D eigenvalue weighted by Crippen LogP contribution is -2.29. The third-order valence-corrected chi connectivity index (χ3v) is 3.13. The number of nitrogens with zero attached hydrogens (tertiary/aromatic N) is 1. The molecule has 1 heterocycles. The lowest BCUT2D eigenvalue weighted by molar-refractivity contribution is 0.0509. The molecule has 0 unspecified atom stereocenters. The quantitative estimate of drug-likeness (QED) is 0.762. The maximum Gasteiger partial charge on any atom is 0.358 e. The predicted molar refractivity (Wildman–Crippen MR) is 72.9 cm³/mol. The zero-order valence-electron chi connectivity index (χ0n) is 12.2. The Morgan fingerprint density at radius 1 is 1.16 bits per heavy atom. The predicted octanol–water partition coefficient (Wildman–Crippen LogP) is 1.70. The fourth-order valence-electron chi connectivity index (χ4n) is 2.25. The van der Waals surface area contributed by atoms with Crippen LogP contribution in [0.4, 0.5) is 0 Å². The summed E-state index contributed by atoms with van der Waals surface area (Å²) in [7, 11) is 3.07. The first-order valence-electron chi connectivity index (χ1n) is 6.49. The number of hydrogen-bond donors (Lipinski definition) is 0. The summed E-state index contributed by atoms with van der Waals surface area (Å²) in [5.41, 5.74) is 1.50. The van der Waals surface area contributed by atoms with Crippen molar-refractivity contribution in [1.82, 2.24) is 4.57 Å². The topological polar surface area (TPSA) is 57.5 Å². The number of ether oxygens (including phenoxy) is 2. The van der Waals surface area contributed by atoms with Gasteiger partial charge in [0, 0.05) is 18.2 Å². The number of hydrogen-bond acceptors (Lipinski definition) is 4. The van der Waals surface area contributed by atoms with E-state index in [0.717, 1.165) is 5.56 Å². The van der Waals surface area contributed by atoms with Gasteiger partial charge in [-0.1, -0.05) is 13.8 Å². The lowest BCUT2D eigenvalue weighted by Gasteiger charge is -2.18. The minimum absolute atomic E-state index is 0.164. The maximum atomic E-state index is 12.3. The Bertz CT molecular complexity index is 531. The molecule has 0 N–H and O–H groups in total. The Labute approximate surface area is 113 Å². The fourth-order valence-corrected chi connectivity index (χ4v) is 2.25. The van der Waals surface area contributed by atoms with Gasteiger partial charge in [-0.3, -0.25) is 4.79 Å². The Hall–Kier alpha value is -1.78. The highest BCUT2D eigenvalue weighted by molar-refractivity contribution is 5.91. The van der Waals surface area contributed by atoms with E-state index < -0.39 is 5.97 Å². The Morgan fingerprint density at radius 3 is 2.16 bits per heavy atom. The van der Waals surface area contributed by atoms with Crippen molar-refractivity contribution >= 4 is 5.97 Å². The second-order valence-electron chi connectivity index (χ2n) is 4.13. The lowest BCUT2D eigenvalue weighted by atomic mass is 10.0. The molecule has 5 heteroatoms. The van der Waals surface area contributed by atoms with Crippen molar-refractivity contribution < 1.29 is 14.3 Å². The van der Waals surface area contributed by atoms with Gasteiger partial charge in [-0.2, -0.15) is 0 Å². The van der Waals surface area contributed by atoms with Gasteiger partial charge in [-0.25, -0.2) is 4.79 Å². The molecule has 0 atom stereocenters. The van der Waals surface area contributed by atoms with Crippen molar-refractivity contribution in [3.63, 3.8) is 0 Å². The summed E-state index contributed by atoms with van der Waals surface area (Å²) < 4.78 is 11.7. The number of esters is 1. The zero-order valence-corrected chi connectivity index (χ0v) is 12.2. The van der Waals surface area contributed by atoms with E-state index in [9.17, 15) is 9.59 Å². The third kappa shape index (κ3) is 2.64. The van der Waals surface area contributed by atoms with E-state index in [2.05, 4.69) is 0 Å². The fraction of sp³-hybridized carbons (Fsp3) is 0.571. The van der Waals surface area contributed by atoms with Crippen molar-refractivity contribution in [2.24, 2.45) is 7.05 Å². The van der Waals surface area contributed by atoms with Gasteiger partial charge in [-0.05, 0) is 19.8 Å². The van der Waals surface area contributed by atoms with E-state index in [1.165, 1.54) is 11.7 Å². The normalized spacial score (nSPS) is 10.4. The highest BCUT2D eigenvalue weighted by Crippen LogP contribution is 2.26. The molecule has 0 fully saturated rings. The van der Waals surface area contributed by atoms with Gasteiger partial charge in [0.25, 0.3) is 5.56 Å². The van der Waals surface area contributed by atoms with Crippen LogP contribution < -0.4 is 10.3 Å². The SMILES string of the molecule is CCOC(=O)c1c(OC)c(CC)c(CC)c(=O)n1C. The minimum Gasteiger partial charge on any atom is -0.494 e. The summed E-state index contributed by atoms with van der Waals surface area (Å²) in [6.45, 7) is 5.83. The van der Waals surface area contributed by atoms with Gasteiger partial charge in [0.2, 0.25) is 0 Å². The molecule has 1 aromatic rings. The van der Waals surface area contributed by atoms with Crippen LogP contribution in [0.15, 0.2) is 4.79 Å². The molecule has 0 aliphatic carbocycles. The molecule has 0 bridgehead atoms. The van der Waals surface area contributed by atoms with Crippen LogP contribution in [-0.2, 0) is 24.6 Å². The molecule has 0 amide bonds. The van der Waals surface area contributed by atoms with Crippen molar-refractivity contribution in [3.8, 4) is 5.75 Å². The number of methoxy groups -OCH3 is 1. The van der Waals surface area contributed by atoms with Crippen LogP contribution in [0.1, 0.15) is 42.4 Å². The van der Waals surface area contributed by atoms with E-state index in [1.54, 1.807) is 14.0 Å². The molecule has 0 spiro atoms. The smallest absolute Gasteiger partial charge is 0.358 e. The van der Waals surface area contributed by atoms with E-state index in [0.29, 0.717) is 24.2 Å². The van der Waals surface area contributed by atoms with Gasteiger partial charge in [-0.15, -0.1) is 0 Å². The van der Waals surface area contributed by atoms with Gasteiger partial charge >= 0.3 is 5.97 Å². The molecule has 19 heavy (non-hydrogen) atoms. The minimum atomic E-state index is -0.531. The van der Waals surface area contributed by atoms with Crippen molar-refractivity contribution in [2.45, 2.75) is 33.6 Å². The number of rotatable bonds is 5. The van der Waals surface area contributed by atoms with Crippen LogP contribution >= 0.6 is 0 Å². The van der Waals surface area contributed by atoms with E-state index in [-0.39, 0.29) is 17.9 Å². The summed E-state index contributed by atoms with van der Waals surface area (Å²) in [5, 5.41) is 0. The molecular formula is C14H21NO4. The van der Waals surface area contributed by atoms with Gasteiger partial charge in [0.15, 0.2) is 11.4 Å². The van der Waals surface area contributed by atoms with Crippen LogP contribution in [0.25, 0.3) is 0 Å². The Balaban J connectivity index is 3.67. The van der Waals surface area contributed by atoms with Crippen LogP contribution in [0.2, 0.25) is 0 Å². The molecule has 0 aliphatic rings. The first-order valence-corrected chi connectivity index (χ1v) is 6.49. The second-order valence-corrected chi connectivity index (χ2v) is 4.13. The molecule has 0 saturated heterocycles. The summed E-state index contributed by atoms with van der Waals surface area (Å²) in [6, 6.07) is 0. The van der Waals surface area contributed by atoms with Crippen LogP contribution in [0.5, 0.6) is 5.75 Å². The average Bonchev–Trinajstić information content (AvgIpc) is 2.40. The van der Waals surface area contributed by atoms with Gasteiger partial charge in [0.1, 0.15) is 0 Å². The Kier molecular flexibility index (Phi) is 5.15. The number of aromatic nitrogens is 1. The summed E-state index contributed by atoms with van der Waals surface area (Å²) >= 11 is 0. The molecule has 106 valence electrons. The Morgan fingerprint density at radius 2 is 1.74 bits per heavy atom. The average molecular weight is 267 g/mol. The highest BCUT2D eigenvalue weighted by atomic mass is 16.5. The third-order valence-electron chi connectivity index (χ3n) is 3.13. The monoisotopic (exact) mass is 267 g/mol. The largest absolute Gasteiger partial charge is 0.494 e. The van der Waals surface area contributed by atoms with Crippen LogP contribution in [0, 0.1) is 0 Å². The van der Waals surface area contributed by atoms with E-state index in [1.807, 2.05) is 13.8 Å². The number of carbonyl (C=O) groups is 1. The zero-order chi connectivity index (χ0) is 14.6. The van der Waals surface area contributed by atoms with E-state index in [4.69, 9.17) is 9.47 Å². The second kappa shape index (κ2) is 6.41. The molecule has 5 nitrogen and oxygen atoms in total. The standard InChI is InChI=1S/C14H21NO4/c1-6-9-10(7-2)13(16)15(4)11(12(9)18-5)14(17)19-8-3/h6-8H2,1-5H3. The first-order chi connectivity index (χ1) is 9.03. The van der Waals surface area contributed by atoms with Gasteiger partial charge in [0.05, 0.1) is 13.7 Å². The number of carbonyl (C=O) groups excluding carboxylic acids is 1. The first kappa shape index (κ1) is 15.3. The molecular weight excluding hydrogens is 246 g/mol. The molecule has 0 saturated carbocycles. The van der Waals surface area contributed by atoms with Crippen LogP contribution in [-0.4, -0.2) is 24.3 Å². The van der Waals surface area contributed by atoms with Crippen molar-refractivity contribution in [1.29, 1.82) is 0 Å². The number of pyridine rings is 1. The molecule has 0 aromatic carbocycles. The highest BCUT2D eigenvalue weighted by Gasteiger charge is 2.24. The summed E-state index contributed by atoms with van der Waals surface area (Å²) in [4.78, 5) is 24.3. The summed E-state index contributed by atoms with van der Waals surface area (Å²) in [5.74, 6) is -0.0868. The van der Waals surface area contributed by atoms with E-state index >= 15 is 0 Å². The van der Waals surface area contributed by atoms with Crippen LogP contribution in [0.3, 0.4) is 0 Å². The maximum absolute atomic E-state index is 12.3.